The molecule has 7 nitrogen and oxygen atoms in total. The lowest BCUT2D eigenvalue weighted by molar-refractivity contribution is -0.114. The molecule has 2 aliphatic rings. The van der Waals surface area contributed by atoms with Crippen LogP contribution < -0.4 is 4.74 Å². The molecule has 3 aromatic rings. The predicted molar refractivity (Wildman–Crippen MR) is 142 cm³/mol. The van der Waals surface area contributed by atoms with Gasteiger partial charge in [0.15, 0.2) is 5.84 Å². The van der Waals surface area contributed by atoms with Gasteiger partial charge in [0, 0.05) is 17.1 Å². The summed E-state index contributed by atoms with van der Waals surface area (Å²) >= 11 is 1.25. The molecule has 176 valence electrons. The number of thioether (sulfide) groups is 1. The number of carbonyl (C=O) groups excluding carboxylic acids is 1. The molecule has 5 rings (SSSR count). The highest BCUT2D eigenvalue weighted by atomic mass is 32.2. The summed E-state index contributed by atoms with van der Waals surface area (Å²) in [4.78, 5) is 17.1. The highest BCUT2D eigenvalue weighted by molar-refractivity contribution is 8.27. The monoisotopic (exact) mass is 483 g/mol. The fourth-order valence-electron chi connectivity index (χ4n) is 4.19. The van der Waals surface area contributed by atoms with Crippen molar-refractivity contribution in [2.24, 2.45) is 10.1 Å². The Morgan fingerprint density at radius 1 is 1.03 bits per heavy atom. The second kappa shape index (κ2) is 9.03. The Kier molecular flexibility index (Phi) is 5.90. The summed E-state index contributed by atoms with van der Waals surface area (Å²) in [6, 6.07) is 18.1. The lowest BCUT2D eigenvalue weighted by Crippen LogP contribution is -2.35. The predicted octanol–water partition coefficient (Wildman–Crippen LogP) is 5.41. The van der Waals surface area contributed by atoms with E-state index in [4.69, 9.17) is 10.1 Å². The number of aliphatic imine (C=N–C) groups is 1. The van der Waals surface area contributed by atoms with Gasteiger partial charge in [0.25, 0.3) is 5.91 Å². The molecule has 0 aliphatic carbocycles. The minimum Gasteiger partial charge on any atom is -0.487 e. The van der Waals surface area contributed by atoms with Crippen molar-refractivity contribution < 1.29 is 9.53 Å². The number of amides is 1. The molecule has 1 N–H and O–H groups in total. The lowest BCUT2D eigenvalue weighted by atomic mass is 10.1. The van der Waals surface area contributed by atoms with Crippen molar-refractivity contribution >= 4 is 39.8 Å². The number of nitrogens with zero attached hydrogens (tertiary/aromatic N) is 4. The van der Waals surface area contributed by atoms with Crippen LogP contribution in [0.4, 0.5) is 0 Å². The highest BCUT2D eigenvalue weighted by Crippen LogP contribution is 2.30. The van der Waals surface area contributed by atoms with E-state index in [1.54, 1.807) is 6.08 Å². The Morgan fingerprint density at radius 3 is 2.51 bits per heavy atom. The zero-order valence-corrected chi connectivity index (χ0v) is 20.8. The van der Waals surface area contributed by atoms with Gasteiger partial charge in [0.05, 0.1) is 5.57 Å². The first-order valence-electron chi connectivity index (χ1n) is 11.2. The van der Waals surface area contributed by atoms with Crippen LogP contribution in [0.3, 0.4) is 0 Å². The van der Waals surface area contributed by atoms with Crippen molar-refractivity contribution in [3.63, 3.8) is 0 Å². The number of hydrogen-bond acceptors (Lipinski definition) is 5. The topological polar surface area (TPSA) is 83.0 Å². The normalized spacial score (nSPS) is 16.5. The summed E-state index contributed by atoms with van der Waals surface area (Å²) < 4.78 is 7.99. The van der Waals surface area contributed by atoms with Gasteiger partial charge >= 0.3 is 0 Å². The van der Waals surface area contributed by atoms with Crippen molar-refractivity contribution in [1.29, 1.82) is 5.41 Å². The molecular weight excluding hydrogens is 458 g/mol. The molecular formula is C27H25N5O2S. The highest BCUT2D eigenvalue weighted by Gasteiger charge is 2.36. The standard InChI is InChI=1S/C27H25N5O2S/c1-16-7-5-9-21(11-16)31-18(3)13-20(19(31)4)14-23-25(28)32-27(29-26(23)33)35-24(30-32)15-34-22-10-6-8-17(2)12-22/h5-14,28H,15H2,1-4H3/b23-14-,28-25?. The molecule has 3 heterocycles. The second-order valence-corrected chi connectivity index (χ2v) is 9.66. The van der Waals surface area contributed by atoms with Crippen LogP contribution >= 0.6 is 11.8 Å². The molecule has 0 fully saturated rings. The second-order valence-electron chi connectivity index (χ2n) is 8.62. The molecule has 0 atom stereocenters. The van der Waals surface area contributed by atoms with Gasteiger partial charge in [-0.2, -0.15) is 15.1 Å². The average Bonchev–Trinajstić information content (AvgIpc) is 3.35. The van der Waals surface area contributed by atoms with E-state index >= 15 is 0 Å². The van der Waals surface area contributed by atoms with Crippen molar-refractivity contribution in [1.82, 2.24) is 9.58 Å². The minimum atomic E-state index is -0.440. The summed E-state index contributed by atoms with van der Waals surface area (Å²) in [5.41, 5.74) is 6.46. The number of rotatable bonds is 5. The summed E-state index contributed by atoms with van der Waals surface area (Å²) in [6.07, 6.45) is 1.74. The molecule has 2 aromatic carbocycles. The fourth-order valence-corrected chi connectivity index (χ4v) is 4.99. The third kappa shape index (κ3) is 4.44. The zero-order valence-electron chi connectivity index (χ0n) is 20.0. The summed E-state index contributed by atoms with van der Waals surface area (Å²) in [7, 11) is 0. The van der Waals surface area contributed by atoms with E-state index in [0.717, 1.165) is 34.0 Å². The van der Waals surface area contributed by atoms with E-state index in [1.807, 2.05) is 57.2 Å². The molecule has 2 aliphatic heterocycles. The molecule has 0 saturated carbocycles. The maximum absolute atomic E-state index is 12.9. The van der Waals surface area contributed by atoms with Gasteiger partial charge in [0.2, 0.25) is 5.17 Å². The van der Waals surface area contributed by atoms with Gasteiger partial charge in [-0.15, -0.1) is 0 Å². The number of aromatic nitrogens is 1. The van der Waals surface area contributed by atoms with E-state index < -0.39 is 5.91 Å². The van der Waals surface area contributed by atoms with Gasteiger partial charge < -0.3 is 9.30 Å². The maximum Gasteiger partial charge on any atom is 0.283 e. The van der Waals surface area contributed by atoms with E-state index in [2.05, 4.69) is 39.8 Å². The molecule has 1 aromatic heterocycles. The summed E-state index contributed by atoms with van der Waals surface area (Å²) in [5.74, 6) is 0.319. The molecule has 0 spiro atoms. The molecule has 0 radical (unpaired) electrons. The van der Waals surface area contributed by atoms with Crippen molar-refractivity contribution in [2.75, 3.05) is 6.61 Å². The van der Waals surface area contributed by atoms with Crippen LogP contribution in [-0.2, 0) is 4.79 Å². The van der Waals surface area contributed by atoms with Gasteiger partial charge in [-0.1, -0.05) is 24.3 Å². The lowest BCUT2D eigenvalue weighted by Gasteiger charge is -2.20. The number of fused-ring (bicyclic) bond motifs is 1. The Bertz CT molecular complexity index is 1460. The van der Waals surface area contributed by atoms with Crippen molar-refractivity contribution in [2.45, 2.75) is 27.7 Å². The van der Waals surface area contributed by atoms with Gasteiger partial charge in [-0.25, -0.2) is 0 Å². The largest absolute Gasteiger partial charge is 0.487 e. The first-order chi connectivity index (χ1) is 16.8. The van der Waals surface area contributed by atoms with Crippen molar-refractivity contribution in [3.05, 3.63) is 88.2 Å². The molecule has 35 heavy (non-hydrogen) atoms. The average molecular weight is 484 g/mol. The zero-order chi connectivity index (χ0) is 24.7. The molecule has 8 heteroatoms. The van der Waals surface area contributed by atoms with Crippen LogP contribution in [0.1, 0.15) is 28.1 Å². The third-order valence-corrected chi connectivity index (χ3v) is 6.76. The number of carbonyl (C=O) groups is 1. The third-order valence-electron chi connectivity index (χ3n) is 5.88. The SMILES string of the molecule is Cc1cccc(OCC2=NN3C(=N)/C(=C/c4cc(C)n(-c5cccc(C)c5)c4C)C(=O)N=C3S2)c1. The van der Waals surface area contributed by atoms with Crippen LogP contribution in [0, 0.1) is 33.1 Å². The number of benzene rings is 2. The van der Waals surface area contributed by atoms with Gasteiger partial charge in [0.1, 0.15) is 17.4 Å². The fraction of sp³-hybridized carbons (Fsp3) is 0.185. The quantitative estimate of drug-likeness (QED) is 0.492. The Labute approximate surface area is 208 Å². The number of hydrazone groups is 1. The van der Waals surface area contributed by atoms with Crippen LogP contribution in [0.2, 0.25) is 0 Å². The van der Waals surface area contributed by atoms with E-state index in [1.165, 1.54) is 22.3 Å². The van der Waals surface area contributed by atoms with Crippen LogP contribution in [0.25, 0.3) is 11.8 Å². The first-order valence-corrected chi connectivity index (χ1v) is 12.1. The maximum atomic E-state index is 12.9. The van der Waals surface area contributed by atoms with E-state index in [0.29, 0.717) is 10.2 Å². The number of aryl methyl sites for hydroxylation is 3. The van der Waals surface area contributed by atoms with E-state index in [-0.39, 0.29) is 18.0 Å². The first kappa shape index (κ1) is 22.9. The molecule has 0 unspecified atom stereocenters. The molecule has 1 amide bonds. The Morgan fingerprint density at radius 2 is 1.77 bits per heavy atom. The van der Waals surface area contributed by atoms with Crippen LogP contribution in [0.5, 0.6) is 5.75 Å². The van der Waals surface area contributed by atoms with Crippen LogP contribution in [0.15, 0.2) is 70.3 Å². The van der Waals surface area contributed by atoms with Gasteiger partial charge in [-0.05, 0) is 92.6 Å². The number of amidine groups is 2. The Hall–Kier alpha value is -3.91. The molecule has 0 bridgehead atoms. The minimum absolute atomic E-state index is 0.0124. The number of hydrogen-bond donors (Lipinski definition) is 1. The number of ether oxygens (including phenoxy) is 1. The summed E-state index contributed by atoms with van der Waals surface area (Å²) in [5, 5.41) is 15.6. The van der Waals surface area contributed by atoms with Gasteiger partial charge in [-0.3, -0.25) is 10.2 Å². The van der Waals surface area contributed by atoms with E-state index in [9.17, 15) is 4.79 Å². The van der Waals surface area contributed by atoms with Crippen LogP contribution in [-0.4, -0.2) is 38.1 Å². The molecule has 0 saturated heterocycles. The Balaban J connectivity index is 1.40. The van der Waals surface area contributed by atoms with Crippen molar-refractivity contribution in [3.8, 4) is 11.4 Å². The summed E-state index contributed by atoms with van der Waals surface area (Å²) in [6.45, 7) is 8.35. The number of nitrogens with one attached hydrogen (secondary N) is 1. The smallest absolute Gasteiger partial charge is 0.283 e.